The molecule has 5 atom stereocenters. The van der Waals surface area contributed by atoms with E-state index in [2.05, 4.69) is 10.6 Å². The monoisotopic (exact) mass is 525 g/mol. The average Bonchev–Trinajstić information content (AvgIpc) is 3.49. The number of hydrogen-bond donors (Lipinski definition) is 3. The van der Waals surface area contributed by atoms with Gasteiger partial charge in [-0.15, -0.1) is 0 Å². The van der Waals surface area contributed by atoms with E-state index in [1.165, 1.54) is 6.42 Å². The Morgan fingerprint density at radius 1 is 1.03 bits per heavy atom. The first kappa shape index (κ1) is 27.1. The quantitative estimate of drug-likeness (QED) is 0.385. The van der Waals surface area contributed by atoms with Crippen molar-refractivity contribution in [2.45, 2.75) is 107 Å². The van der Waals surface area contributed by atoms with Crippen LogP contribution in [0.1, 0.15) is 83.1 Å². The fraction of sp³-hybridized carbons (Fsp3) is 0.700. The lowest BCUT2D eigenvalue weighted by Crippen LogP contribution is -2.57. The summed E-state index contributed by atoms with van der Waals surface area (Å²) in [4.78, 5) is 43.3. The summed E-state index contributed by atoms with van der Waals surface area (Å²) < 4.78 is 6.71. The first-order chi connectivity index (χ1) is 18.4. The van der Waals surface area contributed by atoms with E-state index in [-0.39, 0.29) is 30.4 Å². The minimum Gasteiger partial charge on any atom is -0.396 e. The van der Waals surface area contributed by atoms with Gasteiger partial charge in [-0.25, -0.2) is 0 Å². The van der Waals surface area contributed by atoms with Crippen LogP contribution in [-0.4, -0.2) is 64.2 Å². The Morgan fingerprint density at radius 2 is 1.76 bits per heavy atom. The van der Waals surface area contributed by atoms with E-state index < -0.39 is 29.1 Å². The molecule has 1 spiro atoms. The second-order valence-electron chi connectivity index (χ2n) is 11.9. The number of fused-ring (bicyclic) bond motifs is 1. The van der Waals surface area contributed by atoms with E-state index in [9.17, 15) is 14.4 Å². The van der Waals surface area contributed by atoms with Gasteiger partial charge < -0.3 is 25.4 Å². The van der Waals surface area contributed by atoms with Gasteiger partial charge in [-0.2, -0.15) is 0 Å². The van der Waals surface area contributed by atoms with Crippen LogP contribution in [0, 0.1) is 11.8 Å². The largest absolute Gasteiger partial charge is 0.396 e. The summed E-state index contributed by atoms with van der Waals surface area (Å²) in [5, 5.41) is 15.4. The van der Waals surface area contributed by atoms with Crippen LogP contribution in [0.25, 0.3) is 0 Å². The van der Waals surface area contributed by atoms with Crippen LogP contribution in [0.3, 0.4) is 0 Å². The summed E-state index contributed by atoms with van der Waals surface area (Å²) in [6, 6.07) is 9.16. The summed E-state index contributed by atoms with van der Waals surface area (Å²) in [5.41, 5.74) is -0.737. The maximum Gasteiger partial charge on any atom is 0.246 e. The predicted octanol–water partition coefficient (Wildman–Crippen LogP) is 3.07. The van der Waals surface area contributed by atoms with Gasteiger partial charge in [-0.3, -0.25) is 14.4 Å². The zero-order valence-corrected chi connectivity index (χ0v) is 22.6. The fourth-order valence-electron chi connectivity index (χ4n) is 7.54. The van der Waals surface area contributed by atoms with Gasteiger partial charge in [0.05, 0.1) is 17.4 Å². The Kier molecular flexibility index (Phi) is 8.10. The number of unbranched alkanes of at least 4 members (excludes halogenated alkanes) is 3. The molecule has 3 heterocycles. The lowest BCUT2D eigenvalue weighted by Gasteiger charge is -2.35. The zero-order valence-electron chi connectivity index (χ0n) is 22.6. The number of aliphatic hydroxyl groups excluding tert-OH is 1. The van der Waals surface area contributed by atoms with Crippen molar-refractivity contribution in [1.82, 2.24) is 15.5 Å². The van der Waals surface area contributed by atoms with Crippen LogP contribution >= 0.6 is 0 Å². The Balaban J connectivity index is 1.38. The number of benzene rings is 1. The van der Waals surface area contributed by atoms with E-state index >= 15 is 0 Å². The molecule has 1 saturated carbocycles. The molecule has 4 fully saturated rings. The minimum absolute atomic E-state index is 0.126. The molecular weight excluding hydrogens is 482 g/mol. The standard InChI is InChI=1S/C30H43N3O5/c1-29-16-17-30(38-29)24(23(29)26(35)31-20-21-12-6-4-7-13-21)28(37)33(18-10-2-3-11-19-34)25(30)27(36)32-22-14-8-5-9-15-22/h4,6-7,12-13,22-25,34H,2-3,5,8-11,14-20H2,1H3,(H,31,35)(H,32,36)/t23-,24+,25?,29+,30?/m1/s1. The second-order valence-corrected chi connectivity index (χ2v) is 11.9. The van der Waals surface area contributed by atoms with Crippen LogP contribution in [-0.2, 0) is 25.7 Å². The third-order valence-corrected chi connectivity index (χ3v) is 9.38. The highest BCUT2D eigenvalue weighted by atomic mass is 16.5. The number of carbonyl (C=O) groups excluding carboxylic acids is 3. The van der Waals surface area contributed by atoms with E-state index in [0.29, 0.717) is 25.9 Å². The van der Waals surface area contributed by atoms with Crippen LogP contribution in [0.4, 0.5) is 0 Å². The molecule has 0 aromatic heterocycles. The molecule has 1 aromatic rings. The lowest BCUT2D eigenvalue weighted by molar-refractivity contribution is -0.146. The van der Waals surface area contributed by atoms with Crippen molar-refractivity contribution in [1.29, 1.82) is 0 Å². The van der Waals surface area contributed by atoms with Crippen LogP contribution < -0.4 is 10.6 Å². The van der Waals surface area contributed by atoms with Gasteiger partial charge in [0.2, 0.25) is 17.7 Å². The number of hydrogen-bond acceptors (Lipinski definition) is 5. The number of carbonyl (C=O) groups is 3. The molecule has 3 amide bonds. The van der Waals surface area contributed by atoms with Crippen molar-refractivity contribution >= 4 is 17.7 Å². The molecule has 8 nitrogen and oxygen atoms in total. The highest BCUT2D eigenvalue weighted by Crippen LogP contribution is 2.63. The third-order valence-electron chi connectivity index (χ3n) is 9.38. The summed E-state index contributed by atoms with van der Waals surface area (Å²) in [7, 11) is 0. The van der Waals surface area contributed by atoms with Crippen molar-refractivity contribution in [2.75, 3.05) is 13.2 Å². The Morgan fingerprint density at radius 3 is 2.50 bits per heavy atom. The molecule has 1 aromatic carbocycles. The highest BCUT2D eigenvalue weighted by Gasteiger charge is 2.77. The molecular formula is C30H43N3O5. The fourth-order valence-corrected chi connectivity index (χ4v) is 7.54. The van der Waals surface area contributed by atoms with Crippen LogP contribution in [0.5, 0.6) is 0 Å². The smallest absolute Gasteiger partial charge is 0.246 e. The number of amides is 3. The van der Waals surface area contributed by atoms with Gasteiger partial charge in [0, 0.05) is 25.7 Å². The molecule has 2 bridgehead atoms. The average molecular weight is 526 g/mol. The second kappa shape index (κ2) is 11.3. The van der Waals surface area contributed by atoms with Crippen molar-refractivity contribution in [3.63, 3.8) is 0 Å². The number of nitrogens with zero attached hydrogens (tertiary/aromatic N) is 1. The van der Waals surface area contributed by atoms with Gasteiger partial charge in [0.15, 0.2) is 0 Å². The van der Waals surface area contributed by atoms with Crippen LogP contribution in [0.2, 0.25) is 0 Å². The molecule has 1 aliphatic carbocycles. The number of nitrogens with one attached hydrogen (secondary N) is 2. The zero-order chi connectivity index (χ0) is 26.8. The lowest BCUT2D eigenvalue weighted by atomic mass is 9.66. The molecule has 8 heteroatoms. The highest BCUT2D eigenvalue weighted by molar-refractivity contribution is 5.99. The number of rotatable bonds is 11. The summed E-state index contributed by atoms with van der Waals surface area (Å²) in [5.74, 6) is -1.71. The molecule has 3 saturated heterocycles. The van der Waals surface area contributed by atoms with Crippen molar-refractivity contribution in [3.8, 4) is 0 Å². The molecule has 3 N–H and O–H groups in total. The molecule has 208 valence electrons. The van der Waals surface area contributed by atoms with Crippen molar-refractivity contribution < 1.29 is 24.2 Å². The Labute approximate surface area is 225 Å². The molecule has 3 aliphatic heterocycles. The minimum atomic E-state index is -0.968. The normalized spacial score (nSPS) is 32.4. The molecule has 4 aliphatic rings. The van der Waals surface area contributed by atoms with Crippen molar-refractivity contribution in [2.24, 2.45) is 11.8 Å². The predicted molar refractivity (Wildman–Crippen MR) is 143 cm³/mol. The van der Waals surface area contributed by atoms with Gasteiger partial charge in [-0.05, 0) is 51.0 Å². The van der Waals surface area contributed by atoms with Gasteiger partial charge in [0.1, 0.15) is 11.6 Å². The summed E-state index contributed by atoms with van der Waals surface area (Å²) in [6.45, 7) is 2.95. The van der Waals surface area contributed by atoms with E-state index in [4.69, 9.17) is 9.84 Å². The molecule has 5 rings (SSSR count). The maximum absolute atomic E-state index is 14.1. The Hall–Kier alpha value is -2.45. The van der Waals surface area contributed by atoms with E-state index in [0.717, 1.165) is 56.9 Å². The third kappa shape index (κ3) is 4.97. The molecule has 38 heavy (non-hydrogen) atoms. The first-order valence-corrected chi connectivity index (χ1v) is 14.6. The molecule has 0 radical (unpaired) electrons. The molecule has 2 unspecified atom stereocenters. The Bertz CT molecular complexity index is 1010. The number of likely N-dealkylation sites (tertiary alicyclic amines) is 1. The number of aliphatic hydroxyl groups is 1. The van der Waals surface area contributed by atoms with Crippen molar-refractivity contribution in [3.05, 3.63) is 35.9 Å². The topological polar surface area (TPSA) is 108 Å². The first-order valence-electron chi connectivity index (χ1n) is 14.6. The van der Waals surface area contributed by atoms with Gasteiger partial charge in [-0.1, -0.05) is 62.4 Å². The van der Waals surface area contributed by atoms with Gasteiger partial charge >= 0.3 is 0 Å². The van der Waals surface area contributed by atoms with Gasteiger partial charge in [0.25, 0.3) is 0 Å². The maximum atomic E-state index is 14.1. The van der Waals surface area contributed by atoms with E-state index in [1.54, 1.807) is 4.90 Å². The summed E-state index contributed by atoms with van der Waals surface area (Å²) >= 11 is 0. The number of ether oxygens (including phenoxy) is 1. The summed E-state index contributed by atoms with van der Waals surface area (Å²) in [6.07, 6.45) is 9.83. The SMILES string of the molecule is C[C@@]12CCC3(O1)C(C(=O)NC1CCCCC1)N(CCCCCCO)C(=O)[C@@H]3[C@@H]2C(=O)NCc1ccccc1. The van der Waals surface area contributed by atoms with E-state index in [1.807, 2.05) is 37.3 Å². The van der Waals surface area contributed by atoms with Crippen LogP contribution in [0.15, 0.2) is 30.3 Å².